The smallest absolute Gasteiger partial charge is 0.237 e. The Hall–Kier alpha value is -2.37. The number of carbonyl (C=O) groups excluding carboxylic acids is 1. The molecule has 1 aromatic carbocycles. The number of nitrogens with zero attached hydrogens (tertiary/aromatic N) is 2. The minimum atomic E-state index is -0.669. The van der Waals surface area contributed by atoms with Gasteiger partial charge in [-0.25, -0.2) is 0 Å². The summed E-state index contributed by atoms with van der Waals surface area (Å²) in [7, 11) is 0. The molecule has 176 valence electrons. The van der Waals surface area contributed by atoms with E-state index in [0.29, 0.717) is 25.7 Å². The molecule has 1 fully saturated rings. The van der Waals surface area contributed by atoms with Crippen LogP contribution in [-0.4, -0.2) is 72.4 Å². The average molecular weight is 469 g/mol. The maximum Gasteiger partial charge on any atom is 0.237 e. The normalized spacial score (nSPS) is 18.6. The number of aliphatic hydroxyl groups excluding tert-OH is 1. The maximum absolute atomic E-state index is 13.5. The monoisotopic (exact) mass is 468 g/mol. The summed E-state index contributed by atoms with van der Waals surface area (Å²) in [5, 5.41) is 12.4. The van der Waals surface area contributed by atoms with Crippen molar-refractivity contribution in [1.29, 1.82) is 0 Å². The number of hydrogen-bond acceptors (Lipinski definition) is 6. The first-order chi connectivity index (χ1) is 16.0. The van der Waals surface area contributed by atoms with E-state index >= 15 is 0 Å². The third kappa shape index (κ3) is 6.36. The molecule has 2 atom stereocenters. The minimum absolute atomic E-state index is 0.0769. The third-order valence-electron chi connectivity index (χ3n) is 6.19. The Bertz CT molecular complexity index is 963. The van der Waals surface area contributed by atoms with Crippen molar-refractivity contribution in [2.24, 2.45) is 0 Å². The SMILES string of the molecule is C#CCOC[C@H](O)CN(CC(=O)N1CCc2sccc2[C@H]1COc1ccc(C)cc1)C1CC1. The van der Waals surface area contributed by atoms with Crippen LogP contribution in [0.2, 0.25) is 0 Å². The van der Waals surface area contributed by atoms with Gasteiger partial charge >= 0.3 is 0 Å². The summed E-state index contributed by atoms with van der Waals surface area (Å²) >= 11 is 1.75. The summed E-state index contributed by atoms with van der Waals surface area (Å²) in [5.41, 5.74) is 2.37. The van der Waals surface area contributed by atoms with Gasteiger partial charge in [0.1, 0.15) is 19.0 Å². The van der Waals surface area contributed by atoms with E-state index in [9.17, 15) is 9.90 Å². The highest BCUT2D eigenvalue weighted by molar-refractivity contribution is 7.10. The highest BCUT2D eigenvalue weighted by Gasteiger charge is 2.36. The number of amides is 1. The second kappa shape index (κ2) is 11.2. The van der Waals surface area contributed by atoms with Crippen LogP contribution < -0.4 is 4.74 Å². The molecule has 1 saturated carbocycles. The Morgan fingerprint density at radius 2 is 2.12 bits per heavy atom. The van der Waals surface area contributed by atoms with Gasteiger partial charge < -0.3 is 19.5 Å². The lowest BCUT2D eigenvalue weighted by Gasteiger charge is -2.37. The molecule has 1 aliphatic carbocycles. The standard InChI is InChI=1S/C26H32N2O4S/c1-3-13-31-17-21(29)15-27(20-6-7-20)16-26(30)28-12-10-25-23(11-14-33-25)24(28)18-32-22-8-4-19(2)5-9-22/h1,4-5,8-9,11,14,20-21,24,29H,6-7,10,12-13,15-18H2,2H3/t21-,24-/m1/s1. The Labute approximate surface area is 200 Å². The van der Waals surface area contributed by atoms with Crippen LogP contribution in [0.3, 0.4) is 0 Å². The molecule has 6 nitrogen and oxygen atoms in total. The predicted octanol–water partition coefficient (Wildman–Crippen LogP) is 3.04. The van der Waals surface area contributed by atoms with Crippen molar-refractivity contribution in [2.75, 3.05) is 39.5 Å². The topological polar surface area (TPSA) is 62.2 Å². The van der Waals surface area contributed by atoms with Gasteiger partial charge in [-0.15, -0.1) is 17.8 Å². The van der Waals surface area contributed by atoms with Crippen LogP contribution >= 0.6 is 11.3 Å². The van der Waals surface area contributed by atoms with E-state index in [4.69, 9.17) is 15.9 Å². The van der Waals surface area contributed by atoms with Gasteiger partial charge in [-0.3, -0.25) is 9.69 Å². The number of benzene rings is 1. The molecule has 33 heavy (non-hydrogen) atoms. The summed E-state index contributed by atoms with van der Waals surface area (Å²) in [6.07, 6.45) is 7.51. The van der Waals surface area contributed by atoms with Gasteiger partial charge in [0.2, 0.25) is 5.91 Å². The van der Waals surface area contributed by atoms with Crippen molar-refractivity contribution in [1.82, 2.24) is 9.80 Å². The highest BCUT2D eigenvalue weighted by atomic mass is 32.1. The van der Waals surface area contributed by atoms with Crippen LogP contribution in [0.5, 0.6) is 5.75 Å². The molecule has 1 N–H and O–H groups in total. The van der Waals surface area contributed by atoms with Crippen LogP contribution in [0.15, 0.2) is 35.7 Å². The van der Waals surface area contributed by atoms with Crippen molar-refractivity contribution in [3.63, 3.8) is 0 Å². The number of aryl methyl sites for hydroxylation is 1. The van der Waals surface area contributed by atoms with E-state index < -0.39 is 6.10 Å². The van der Waals surface area contributed by atoms with Gasteiger partial charge in [0.15, 0.2) is 0 Å². The molecule has 2 heterocycles. The lowest BCUT2D eigenvalue weighted by molar-refractivity contribution is -0.136. The molecular weight excluding hydrogens is 436 g/mol. The lowest BCUT2D eigenvalue weighted by Crippen LogP contribution is -2.48. The molecule has 1 aromatic heterocycles. The molecule has 2 aliphatic rings. The van der Waals surface area contributed by atoms with Gasteiger partial charge in [0, 0.05) is 24.0 Å². The Morgan fingerprint density at radius 1 is 1.33 bits per heavy atom. The van der Waals surface area contributed by atoms with E-state index in [1.54, 1.807) is 11.3 Å². The second-order valence-electron chi connectivity index (χ2n) is 8.81. The number of terminal acetylenes is 1. The fourth-order valence-corrected chi connectivity index (χ4v) is 5.24. The first-order valence-corrected chi connectivity index (χ1v) is 12.4. The molecule has 0 unspecified atom stereocenters. The first kappa shape index (κ1) is 23.8. The molecule has 1 aliphatic heterocycles. The molecular formula is C26H32N2O4S. The van der Waals surface area contributed by atoms with Crippen molar-refractivity contribution >= 4 is 17.2 Å². The number of aliphatic hydroxyl groups is 1. The maximum atomic E-state index is 13.5. The fourth-order valence-electron chi connectivity index (χ4n) is 4.31. The number of ether oxygens (including phenoxy) is 2. The second-order valence-corrected chi connectivity index (χ2v) is 9.81. The molecule has 0 radical (unpaired) electrons. The van der Waals surface area contributed by atoms with Gasteiger partial charge in [0.05, 0.1) is 25.3 Å². The van der Waals surface area contributed by atoms with E-state index in [2.05, 4.69) is 22.3 Å². The van der Waals surface area contributed by atoms with Crippen molar-refractivity contribution < 1.29 is 19.4 Å². The van der Waals surface area contributed by atoms with Crippen LogP contribution in [0, 0.1) is 19.3 Å². The van der Waals surface area contributed by atoms with Crippen molar-refractivity contribution in [2.45, 2.75) is 44.4 Å². The largest absolute Gasteiger partial charge is 0.491 e. The lowest BCUT2D eigenvalue weighted by atomic mass is 10.0. The van der Waals surface area contributed by atoms with Crippen LogP contribution in [0.1, 0.15) is 34.9 Å². The number of thiophene rings is 1. The Kier molecular flexibility index (Phi) is 8.05. The summed E-state index contributed by atoms with van der Waals surface area (Å²) in [4.78, 5) is 18.9. The van der Waals surface area contributed by atoms with E-state index in [-0.39, 0.29) is 31.7 Å². The zero-order chi connectivity index (χ0) is 23.2. The predicted molar refractivity (Wildman–Crippen MR) is 129 cm³/mol. The quantitative estimate of drug-likeness (QED) is 0.406. The zero-order valence-corrected chi connectivity index (χ0v) is 19.9. The van der Waals surface area contributed by atoms with Crippen LogP contribution in [0.4, 0.5) is 0 Å². The van der Waals surface area contributed by atoms with Crippen LogP contribution in [0.25, 0.3) is 0 Å². The van der Waals surface area contributed by atoms with E-state index in [1.807, 2.05) is 36.1 Å². The average Bonchev–Trinajstić information content (AvgIpc) is 3.55. The number of fused-ring (bicyclic) bond motifs is 1. The molecule has 0 bridgehead atoms. The molecule has 0 saturated heterocycles. The Balaban J connectivity index is 1.41. The summed E-state index contributed by atoms with van der Waals surface area (Å²) in [6.45, 7) is 4.20. The van der Waals surface area contributed by atoms with Gasteiger partial charge in [-0.2, -0.15) is 0 Å². The number of hydrogen-bond donors (Lipinski definition) is 1. The highest BCUT2D eigenvalue weighted by Crippen LogP contribution is 2.34. The van der Waals surface area contributed by atoms with Gasteiger partial charge in [-0.05, 0) is 55.3 Å². The van der Waals surface area contributed by atoms with Crippen molar-refractivity contribution in [3.05, 3.63) is 51.7 Å². The molecule has 0 spiro atoms. The number of rotatable bonds is 11. The molecule has 1 amide bonds. The molecule has 2 aromatic rings. The first-order valence-electron chi connectivity index (χ1n) is 11.5. The van der Waals surface area contributed by atoms with Crippen molar-refractivity contribution in [3.8, 4) is 18.1 Å². The summed E-state index contributed by atoms with van der Waals surface area (Å²) in [6, 6.07) is 10.4. The zero-order valence-electron chi connectivity index (χ0n) is 19.1. The Morgan fingerprint density at radius 3 is 2.85 bits per heavy atom. The van der Waals surface area contributed by atoms with E-state index in [0.717, 1.165) is 25.0 Å². The third-order valence-corrected chi connectivity index (χ3v) is 7.18. The van der Waals surface area contributed by atoms with Crippen LogP contribution in [-0.2, 0) is 16.0 Å². The molecule has 7 heteroatoms. The summed E-state index contributed by atoms with van der Waals surface area (Å²) in [5.74, 6) is 3.29. The summed E-state index contributed by atoms with van der Waals surface area (Å²) < 4.78 is 11.4. The minimum Gasteiger partial charge on any atom is -0.491 e. The number of carbonyl (C=O) groups is 1. The van der Waals surface area contributed by atoms with Gasteiger partial charge in [0.25, 0.3) is 0 Å². The van der Waals surface area contributed by atoms with Gasteiger partial charge in [-0.1, -0.05) is 23.6 Å². The molecule has 4 rings (SSSR count). The van der Waals surface area contributed by atoms with E-state index in [1.165, 1.54) is 16.0 Å². The fraction of sp³-hybridized carbons (Fsp3) is 0.500.